The first-order chi connectivity index (χ1) is 8.56. The molecule has 18 heavy (non-hydrogen) atoms. The zero-order valence-electron chi connectivity index (χ0n) is 11.2. The van der Waals surface area contributed by atoms with E-state index in [0.717, 1.165) is 0 Å². The standard InChI is InChI=1S/C12H21NO4S/c1-9(12(15)16-3)8-18-10(2)11(14)13-4-6-17-7-5-13/h9-10H,4-8H2,1-3H3. The van der Waals surface area contributed by atoms with Crippen LogP contribution in [-0.2, 0) is 19.1 Å². The number of morpholine rings is 1. The lowest BCUT2D eigenvalue weighted by atomic mass is 10.2. The van der Waals surface area contributed by atoms with Gasteiger partial charge >= 0.3 is 5.97 Å². The first-order valence-corrected chi connectivity index (χ1v) is 7.17. The van der Waals surface area contributed by atoms with Crippen molar-refractivity contribution in [1.29, 1.82) is 0 Å². The van der Waals surface area contributed by atoms with Crippen LogP contribution in [0.2, 0.25) is 0 Å². The van der Waals surface area contributed by atoms with Crippen LogP contribution < -0.4 is 0 Å². The highest BCUT2D eigenvalue weighted by Crippen LogP contribution is 2.18. The van der Waals surface area contributed by atoms with Gasteiger partial charge in [0.15, 0.2) is 0 Å². The van der Waals surface area contributed by atoms with Crippen molar-refractivity contribution in [3.05, 3.63) is 0 Å². The van der Waals surface area contributed by atoms with Crippen molar-refractivity contribution >= 4 is 23.6 Å². The quantitative estimate of drug-likeness (QED) is 0.694. The molecule has 0 aromatic heterocycles. The summed E-state index contributed by atoms with van der Waals surface area (Å²) in [7, 11) is 1.38. The third-order valence-corrected chi connectivity index (χ3v) is 4.26. The molecule has 1 heterocycles. The summed E-state index contributed by atoms with van der Waals surface area (Å²) in [6, 6.07) is 0. The number of rotatable bonds is 5. The summed E-state index contributed by atoms with van der Waals surface area (Å²) in [4.78, 5) is 25.2. The van der Waals surface area contributed by atoms with Gasteiger partial charge in [-0.2, -0.15) is 0 Å². The summed E-state index contributed by atoms with van der Waals surface area (Å²) in [5, 5.41) is -0.129. The average molecular weight is 275 g/mol. The Kier molecular flexibility index (Phi) is 6.49. The maximum Gasteiger partial charge on any atom is 0.309 e. The molecule has 0 aromatic carbocycles. The molecule has 5 nitrogen and oxygen atoms in total. The van der Waals surface area contributed by atoms with Gasteiger partial charge in [-0.1, -0.05) is 6.92 Å². The van der Waals surface area contributed by atoms with Gasteiger partial charge in [0, 0.05) is 18.8 Å². The molecular weight excluding hydrogens is 254 g/mol. The summed E-state index contributed by atoms with van der Waals surface area (Å²) in [5.74, 6) is 0.318. The van der Waals surface area contributed by atoms with Crippen LogP contribution in [0.5, 0.6) is 0 Å². The van der Waals surface area contributed by atoms with Crippen molar-refractivity contribution in [2.75, 3.05) is 39.2 Å². The maximum atomic E-state index is 12.1. The second kappa shape index (κ2) is 7.63. The molecular formula is C12H21NO4S. The summed E-state index contributed by atoms with van der Waals surface area (Å²) < 4.78 is 9.87. The third-order valence-electron chi connectivity index (χ3n) is 2.87. The number of amides is 1. The molecule has 0 aliphatic carbocycles. The van der Waals surface area contributed by atoms with E-state index < -0.39 is 0 Å². The number of ether oxygens (including phenoxy) is 2. The Labute approximate surface area is 112 Å². The maximum absolute atomic E-state index is 12.1. The highest BCUT2D eigenvalue weighted by atomic mass is 32.2. The minimum Gasteiger partial charge on any atom is -0.469 e. The van der Waals surface area contributed by atoms with E-state index in [0.29, 0.717) is 32.1 Å². The van der Waals surface area contributed by atoms with Gasteiger partial charge in [-0.25, -0.2) is 0 Å². The Hall–Kier alpha value is -0.750. The van der Waals surface area contributed by atoms with Gasteiger partial charge in [0.1, 0.15) is 0 Å². The highest BCUT2D eigenvalue weighted by Gasteiger charge is 2.24. The van der Waals surface area contributed by atoms with Crippen LogP contribution >= 0.6 is 11.8 Å². The second-order valence-corrected chi connectivity index (χ2v) is 5.71. The number of methoxy groups -OCH3 is 1. The number of hydrogen-bond acceptors (Lipinski definition) is 5. The van der Waals surface area contributed by atoms with E-state index in [4.69, 9.17) is 4.74 Å². The van der Waals surface area contributed by atoms with E-state index in [1.807, 2.05) is 18.7 Å². The lowest BCUT2D eigenvalue weighted by molar-refractivity contribution is -0.144. The number of thioether (sulfide) groups is 1. The number of nitrogens with zero attached hydrogens (tertiary/aromatic N) is 1. The lowest BCUT2D eigenvalue weighted by Crippen LogP contribution is -2.44. The lowest BCUT2D eigenvalue weighted by Gasteiger charge is -2.29. The number of esters is 1. The van der Waals surface area contributed by atoms with Gasteiger partial charge in [0.25, 0.3) is 0 Å². The molecule has 0 aromatic rings. The molecule has 0 bridgehead atoms. The van der Waals surface area contributed by atoms with Crippen molar-refractivity contribution in [1.82, 2.24) is 4.90 Å². The fraction of sp³-hybridized carbons (Fsp3) is 0.833. The molecule has 1 aliphatic heterocycles. The highest BCUT2D eigenvalue weighted by molar-refractivity contribution is 8.00. The second-order valence-electron chi connectivity index (χ2n) is 4.34. The molecule has 6 heteroatoms. The normalized spacial score (nSPS) is 19.2. The largest absolute Gasteiger partial charge is 0.469 e. The predicted molar refractivity (Wildman–Crippen MR) is 70.5 cm³/mol. The topological polar surface area (TPSA) is 55.8 Å². The Morgan fingerprint density at radius 2 is 1.94 bits per heavy atom. The van der Waals surface area contributed by atoms with Gasteiger partial charge in [-0.05, 0) is 6.92 Å². The molecule has 0 saturated carbocycles. The van der Waals surface area contributed by atoms with Crippen molar-refractivity contribution in [3.63, 3.8) is 0 Å². The monoisotopic (exact) mass is 275 g/mol. The fourth-order valence-electron chi connectivity index (χ4n) is 1.67. The van der Waals surface area contributed by atoms with Crippen molar-refractivity contribution < 1.29 is 19.1 Å². The Bertz CT molecular complexity index is 292. The van der Waals surface area contributed by atoms with E-state index >= 15 is 0 Å². The Balaban J connectivity index is 2.33. The van der Waals surface area contributed by atoms with Gasteiger partial charge in [0.2, 0.25) is 5.91 Å². The zero-order valence-corrected chi connectivity index (χ0v) is 12.0. The molecule has 0 radical (unpaired) electrons. The first-order valence-electron chi connectivity index (χ1n) is 6.12. The summed E-state index contributed by atoms with van der Waals surface area (Å²) in [6.07, 6.45) is 0. The summed E-state index contributed by atoms with van der Waals surface area (Å²) >= 11 is 1.50. The van der Waals surface area contributed by atoms with Crippen LogP contribution in [-0.4, -0.2) is 61.2 Å². The minimum atomic E-state index is -0.228. The van der Waals surface area contributed by atoms with E-state index in [9.17, 15) is 9.59 Å². The SMILES string of the molecule is COC(=O)C(C)CSC(C)C(=O)N1CCOCC1. The Morgan fingerprint density at radius 3 is 2.50 bits per heavy atom. The van der Waals surface area contributed by atoms with Gasteiger partial charge in [-0.3, -0.25) is 9.59 Å². The van der Waals surface area contributed by atoms with Crippen LogP contribution in [0.3, 0.4) is 0 Å². The van der Waals surface area contributed by atoms with Crippen molar-refractivity contribution in [3.8, 4) is 0 Å². The van der Waals surface area contributed by atoms with Crippen molar-refractivity contribution in [2.24, 2.45) is 5.92 Å². The van der Waals surface area contributed by atoms with E-state index in [1.165, 1.54) is 18.9 Å². The Morgan fingerprint density at radius 1 is 1.33 bits per heavy atom. The van der Waals surface area contributed by atoms with Crippen LogP contribution in [0.25, 0.3) is 0 Å². The first kappa shape index (κ1) is 15.3. The molecule has 2 atom stereocenters. The molecule has 1 fully saturated rings. The molecule has 1 amide bonds. The smallest absolute Gasteiger partial charge is 0.309 e. The van der Waals surface area contributed by atoms with Gasteiger partial charge in [-0.15, -0.1) is 11.8 Å². The molecule has 0 N–H and O–H groups in total. The molecule has 1 saturated heterocycles. The van der Waals surface area contributed by atoms with Crippen LogP contribution in [0.15, 0.2) is 0 Å². The number of carbonyl (C=O) groups excluding carboxylic acids is 2. The number of hydrogen-bond donors (Lipinski definition) is 0. The zero-order chi connectivity index (χ0) is 13.5. The van der Waals surface area contributed by atoms with Crippen LogP contribution in [0, 0.1) is 5.92 Å². The van der Waals surface area contributed by atoms with Crippen LogP contribution in [0.4, 0.5) is 0 Å². The van der Waals surface area contributed by atoms with E-state index in [1.54, 1.807) is 0 Å². The molecule has 0 spiro atoms. The molecule has 104 valence electrons. The number of carbonyl (C=O) groups is 2. The van der Waals surface area contributed by atoms with Gasteiger partial charge < -0.3 is 14.4 Å². The minimum absolute atomic E-state index is 0.125. The van der Waals surface area contributed by atoms with E-state index in [2.05, 4.69) is 4.74 Å². The third kappa shape index (κ3) is 4.49. The molecule has 1 rings (SSSR count). The van der Waals surface area contributed by atoms with Gasteiger partial charge in [0.05, 0.1) is 31.5 Å². The summed E-state index contributed by atoms with van der Waals surface area (Å²) in [6.45, 7) is 6.24. The fourth-order valence-corrected chi connectivity index (χ4v) is 2.68. The average Bonchev–Trinajstić information content (AvgIpc) is 2.43. The molecule has 1 aliphatic rings. The van der Waals surface area contributed by atoms with E-state index in [-0.39, 0.29) is 23.0 Å². The summed E-state index contributed by atoms with van der Waals surface area (Å²) in [5.41, 5.74) is 0. The van der Waals surface area contributed by atoms with Crippen LogP contribution in [0.1, 0.15) is 13.8 Å². The van der Waals surface area contributed by atoms with Crippen molar-refractivity contribution in [2.45, 2.75) is 19.1 Å². The molecule has 2 unspecified atom stereocenters. The predicted octanol–water partition coefficient (Wildman–Crippen LogP) is 0.776.